The molecule has 11 heteroatoms. The first-order valence-electron chi connectivity index (χ1n) is 12.2. The van der Waals surface area contributed by atoms with Crippen molar-refractivity contribution < 1.29 is 13.5 Å². The number of nitrogens with zero attached hydrogens (tertiary/aromatic N) is 3. The number of aromatic nitrogens is 2. The van der Waals surface area contributed by atoms with Crippen molar-refractivity contribution >= 4 is 40.3 Å². The van der Waals surface area contributed by atoms with Crippen molar-refractivity contribution in [3.8, 4) is 0 Å². The standard InChI is InChI=1S/C24H35ClN6O3S/c1-34-13-12-31-10-8-18-4-7-21(14-19(18)9-11-31)29-24-26-16-22(25)23(30-24)28-20-5-2-17(3-6-20)15-27-35(32)33/h4,7,14,16-17,20,27H,2-3,5-6,8-13,15H2,1H3,(H,32,33)(H2,26,28,29,30). The highest BCUT2D eigenvalue weighted by molar-refractivity contribution is 7.77. The predicted octanol–water partition coefficient (Wildman–Crippen LogP) is 3.62. The van der Waals surface area contributed by atoms with E-state index in [0.717, 1.165) is 70.5 Å². The maximum Gasteiger partial charge on any atom is 0.231 e. The van der Waals surface area contributed by atoms with E-state index in [0.29, 0.717) is 29.3 Å². The van der Waals surface area contributed by atoms with Gasteiger partial charge in [0.2, 0.25) is 17.2 Å². The van der Waals surface area contributed by atoms with E-state index in [1.165, 1.54) is 11.1 Å². The molecule has 2 aromatic rings. The van der Waals surface area contributed by atoms with Gasteiger partial charge >= 0.3 is 0 Å². The van der Waals surface area contributed by atoms with E-state index < -0.39 is 11.3 Å². The van der Waals surface area contributed by atoms with Gasteiger partial charge in [0.05, 0.1) is 12.8 Å². The van der Waals surface area contributed by atoms with Crippen LogP contribution in [0.1, 0.15) is 36.8 Å². The Kier molecular flexibility index (Phi) is 9.70. The van der Waals surface area contributed by atoms with Gasteiger partial charge in [0.15, 0.2) is 5.82 Å². The number of rotatable bonds is 10. The molecule has 0 radical (unpaired) electrons. The van der Waals surface area contributed by atoms with E-state index in [1.54, 1.807) is 13.3 Å². The molecule has 192 valence electrons. The molecule has 1 aliphatic heterocycles. The minimum absolute atomic E-state index is 0.264. The first kappa shape index (κ1) is 26.2. The summed E-state index contributed by atoms with van der Waals surface area (Å²) in [5.74, 6) is 1.55. The van der Waals surface area contributed by atoms with Gasteiger partial charge in [-0.3, -0.25) is 4.55 Å². The fourth-order valence-electron chi connectivity index (χ4n) is 4.84. The number of methoxy groups -OCH3 is 1. The van der Waals surface area contributed by atoms with Crippen LogP contribution < -0.4 is 15.4 Å². The van der Waals surface area contributed by atoms with Gasteiger partial charge in [0.1, 0.15) is 5.02 Å². The zero-order chi connectivity index (χ0) is 24.6. The number of hydrogen-bond acceptors (Lipinski definition) is 7. The van der Waals surface area contributed by atoms with E-state index in [4.69, 9.17) is 20.9 Å². The second-order valence-electron chi connectivity index (χ2n) is 9.29. The number of hydrogen-bond donors (Lipinski definition) is 4. The fraction of sp³-hybridized carbons (Fsp3) is 0.583. The maximum atomic E-state index is 10.8. The number of halogens is 1. The molecule has 2 aliphatic rings. The first-order chi connectivity index (χ1) is 17.0. The topological polar surface area (TPSA) is 112 Å². The number of nitrogens with one attached hydrogen (secondary N) is 3. The lowest BCUT2D eigenvalue weighted by atomic mass is 9.86. The summed E-state index contributed by atoms with van der Waals surface area (Å²) in [4.78, 5) is 11.5. The number of benzene rings is 1. The molecule has 1 fully saturated rings. The minimum atomic E-state index is -1.95. The lowest BCUT2D eigenvalue weighted by molar-refractivity contribution is 0.150. The highest BCUT2D eigenvalue weighted by Gasteiger charge is 2.22. The molecule has 1 atom stereocenters. The number of anilines is 3. The molecule has 0 spiro atoms. The lowest BCUT2D eigenvalue weighted by Crippen LogP contribution is -2.32. The second kappa shape index (κ2) is 12.9. The zero-order valence-corrected chi connectivity index (χ0v) is 21.7. The van der Waals surface area contributed by atoms with Crippen molar-refractivity contribution in [3.05, 3.63) is 40.5 Å². The average molecular weight is 523 g/mol. The van der Waals surface area contributed by atoms with Gasteiger partial charge in [-0.15, -0.1) is 0 Å². The van der Waals surface area contributed by atoms with E-state index >= 15 is 0 Å². The third-order valence-electron chi connectivity index (χ3n) is 6.90. The smallest absolute Gasteiger partial charge is 0.231 e. The van der Waals surface area contributed by atoms with Crippen LogP contribution in [0, 0.1) is 5.92 Å². The van der Waals surface area contributed by atoms with E-state index in [2.05, 4.69) is 48.4 Å². The van der Waals surface area contributed by atoms with Crippen molar-refractivity contribution in [1.82, 2.24) is 19.6 Å². The monoisotopic (exact) mass is 522 g/mol. The van der Waals surface area contributed by atoms with Crippen molar-refractivity contribution in [1.29, 1.82) is 0 Å². The summed E-state index contributed by atoms with van der Waals surface area (Å²) in [5, 5.41) is 7.31. The normalized spacial score (nSPS) is 21.7. The molecule has 1 saturated carbocycles. The summed E-state index contributed by atoms with van der Waals surface area (Å²) in [5.41, 5.74) is 3.72. The summed E-state index contributed by atoms with van der Waals surface area (Å²) in [6, 6.07) is 6.75. The van der Waals surface area contributed by atoms with Gasteiger partial charge in [0.25, 0.3) is 0 Å². The van der Waals surface area contributed by atoms with Gasteiger partial charge < -0.3 is 20.3 Å². The quantitative estimate of drug-likeness (QED) is 0.350. The molecular weight excluding hydrogens is 488 g/mol. The number of fused-ring (bicyclic) bond motifs is 1. The summed E-state index contributed by atoms with van der Waals surface area (Å²) in [7, 11) is 1.75. The van der Waals surface area contributed by atoms with Gasteiger partial charge in [-0.25, -0.2) is 13.9 Å². The van der Waals surface area contributed by atoms with Crippen molar-refractivity contribution in [2.45, 2.75) is 44.6 Å². The SMILES string of the molecule is COCCN1CCc2ccc(Nc3ncc(Cl)c(NC4CCC(CNS(=O)O)CC4)n3)cc2CC1. The predicted molar refractivity (Wildman–Crippen MR) is 141 cm³/mol. The summed E-state index contributed by atoms with van der Waals surface area (Å²) < 4.78 is 27.6. The molecule has 2 heterocycles. The van der Waals surface area contributed by atoms with Gasteiger partial charge in [-0.1, -0.05) is 17.7 Å². The van der Waals surface area contributed by atoms with E-state index in [1.807, 2.05) is 0 Å². The summed E-state index contributed by atoms with van der Waals surface area (Å²) >= 11 is 4.45. The Hall–Kier alpha value is -1.82. The molecule has 4 rings (SSSR count). The van der Waals surface area contributed by atoms with Crippen LogP contribution in [0.25, 0.3) is 0 Å². The van der Waals surface area contributed by atoms with Crippen molar-refractivity contribution in [2.75, 3.05) is 50.5 Å². The van der Waals surface area contributed by atoms with Crippen LogP contribution in [0.15, 0.2) is 24.4 Å². The molecule has 0 amide bonds. The largest absolute Gasteiger partial charge is 0.383 e. The minimum Gasteiger partial charge on any atom is -0.383 e. The maximum absolute atomic E-state index is 10.8. The Morgan fingerprint density at radius 2 is 1.97 bits per heavy atom. The summed E-state index contributed by atoms with van der Waals surface area (Å²) in [6.07, 6.45) is 7.56. The highest BCUT2D eigenvalue weighted by Crippen LogP contribution is 2.29. The molecule has 35 heavy (non-hydrogen) atoms. The van der Waals surface area contributed by atoms with Crippen LogP contribution in [0.3, 0.4) is 0 Å². The molecule has 4 N–H and O–H groups in total. The number of ether oxygens (including phenoxy) is 1. The highest BCUT2D eigenvalue weighted by atomic mass is 35.5. The molecular formula is C24H35ClN6O3S. The molecule has 0 bridgehead atoms. The Bertz CT molecular complexity index is 1010. The van der Waals surface area contributed by atoms with Crippen LogP contribution in [-0.4, -0.2) is 69.6 Å². The van der Waals surface area contributed by atoms with Gasteiger partial charge in [0, 0.05) is 45.0 Å². The molecule has 1 aliphatic carbocycles. The van der Waals surface area contributed by atoms with E-state index in [9.17, 15) is 4.21 Å². The lowest BCUT2D eigenvalue weighted by Gasteiger charge is -2.29. The first-order valence-corrected chi connectivity index (χ1v) is 13.7. The molecule has 1 aromatic carbocycles. The van der Waals surface area contributed by atoms with Crippen LogP contribution in [0.5, 0.6) is 0 Å². The second-order valence-corrected chi connectivity index (χ2v) is 10.5. The Morgan fingerprint density at radius 3 is 2.71 bits per heavy atom. The molecule has 1 unspecified atom stereocenters. The van der Waals surface area contributed by atoms with Crippen LogP contribution in [0.2, 0.25) is 5.02 Å². The Balaban J connectivity index is 1.34. The summed E-state index contributed by atoms with van der Waals surface area (Å²) in [6.45, 7) is 4.37. The van der Waals surface area contributed by atoms with Crippen LogP contribution >= 0.6 is 11.6 Å². The fourth-order valence-corrected chi connectivity index (χ4v) is 5.37. The third kappa shape index (κ3) is 7.83. The molecule has 0 saturated heterocycles. The Morgan fingerprint density at radius 1 is 1.20 bits per heavy atom. The van der Waals surface area contributed by atoms with E-state index in [-0.39, 0.29) is 6.04 Å². The zero-order valence-electron chi connectivity index (χ0n) is 20.1. The molecule has 1 aromatic heterocycles. The molecule has 9 nitrogen and oxygen atoms in total. The van der Waals surface area contributed by atoms with Crippen molar-refractivity contribution in [3.63, 3.8) is 0 Å². The average Bonchev–Trinajstić information content (AvgIpc) is 3.06. The van der Waals surface area contributed by atoms with Crippen LogP contribution in [-0.2, 0) is 28.8 Å². The van der Waals surface area contributed by atoms with Crippen LogP contribution in [0.4, 0.5) is 17.5 Å². The van der Waals surface area contributed by atoms with Gasteiger partial charge in [-0.2, -0.15) is 4.98 Å². The van der Waals surface area contributed by atoms with Gasteiger partial charge in [-0.05, 0) is 67.7 Å². The third-order valence-corrected chi connectivity index (χ3v) is 7.59. The van der Waals surface area contributed by atoms with Crippen molar-refractivity contribution in [2.24, 2.45) is 5.92 Å². The Labute approximate surface area is 214 Å².